The van der Waals surface area contributed by atoms with Gasteiger partial charge in [-0.25, -0.2) is 0 Å². The van der Waals surface area contributed by atoms with Gasteiger partial charge in [-0.2, -0.15) is 0 Å². The average molecular weight is 283 g/mol. The minimum atomic E-state index is 0.482. The molecule has 0 aromatic rings. The molecule has 0 N–H and O–H groups in total. The summed E-state index contributed by atoms with van der Waals surface area (Å²) < 4.78 is 5.88. The molecule has 1 saturated heterocycles. The van der Waals surface area contributed by atoms with Gasteiger partial charge in [-0.1, -0.05) is 85.5 Å². The number of hydrogen-bond donors (Lipinski definition) is 0. The highest BCUT2D eigenvalue weighted by Gasteiger charge is 2.41. The van der Waals surface area contributed by atoms with E-state index in [2.05, 4.69) is 27.7 Å². The molecule has 0 radical (unpaired) electrons. The summed E-state index contributed by atoms with van der Waals surface area (Å²) in [7, 11) is 0. The van der Waals surface area contributed by atoms with Crippen molar-refractivity contribution in [2.75, 3.05) is 0 Å². The lowest BCUT2D eigenvalue weighted by atomic mass is 9.82. The Balaban J connectivity index is 1.95. The molecule has 20 heavy (non-hydrogen) atoms. The third-order valence-electron chi connectivity index (χ3n) is 4.74. The Hall–Kier alpha value is -0.0400. The van der Waals surface area contributed by atoms with Gasteiger partial charge in [0.1, 0.15) is 0 Å². The fraction of sp³-hybridized carbons (Fsp3) is 1.00. The minimum Gasteiger partial charge on any atom is -0.370 e. The average Bonchev–Trinajstić information content (AvgIpc) is 3.13. The molecule has 0 aliphatic carbocycles. The lowest BCUT2D eigenvalue weighted by Crippen LogP contribution is -2.15. The largest absolute Gasteiger partial charge is 0.370 e. The summed E-state index contributed by atoms with van der Waals surface area (Å²) in [5.74, 6) is 0. The predicted molar refractivity (Wildman–Crippen MR) is 89.2 cm³/mol. The first-order valence-corrected chi connectivity index (χ1v) is 9.24. The molecule has 0 spiro atoms. The number of ether oxygens (including phenoxy) is 1. The lowest BCUT2D eigenvalue weighted by molar-refractivity contribution is 0.251. The first-order valence-electron chi connectivity index (χ1n) is 9.24. The van der Waals surface area contributed by atoms with Crippen LogP contribution in [0.15, 0.2) is 0 Å². The van der Waals surface area contributed by atoms with Gasteiger partial charge in [0.2, 0.25) is 0 Å². The highest BCUT2D eigenvalue weighted by atomic mass is 16.6. The SMILES string of the molecule is CCCCCCCCCC1OC1CC(C)(C)CCCC. The maximum Gasteiger partial charge on any atom is 0.0847 e. The third kappa shape index (κ3) is 8.29. The number of epoxide rings is 1. The second kappa shape index (κ2) is 9.82. The molecular formula is C19H38O. The van der Waals surface area contributed by atoms with Gasteiger partial charge in [-0.05, 0) is 24.7 Å². The smallest absolute Gasteiger partial charge is 0.0847 e. The summed E-state index contributed by atoms with van der Waals surface area (Å²) in [5.41, 5.74) is 0.482. The normalized spacial score (nSPS) is 22.2. The second-order valence-corrected chi connectivity index (χ2v) is 7.59. The van der Waals surface area contributed by atoms with E-state index in [9.17, 15) is 0 Å². The quantitative estimate of drug-likeness (QED) is 0.277. The van der Waals surface area contributed by atoms with Crippen LogP contribution in [0.3, 0.4) is 0 Å². The fourth-order valence-electron chi connectivity index (χ4n) is 3.22. The van der Waals surface area contributed by atoms with E-state index in [-0.39, 0.29) is 0 Å². The molecule has 1 rings (SSSR count). The third-order valence-corrected chi connectivity index (χ3v) is 4.74. The Morgan fingerprint density at radius 3 is 2.00 bits per heavy atom. The van der Waals surface area contributed by atoms with Crippen LogP contribution in [-0.4, -0.2) is 12.2 Å². The van der Waals surface area contributed by atoms with Gasteiger partial charge in [-0.3, -0.25) is 0 Å². The van der Waals surface area contributed by atoms with E-state index in [1.807, 2.05) is 0 Å². The van der Waals surface area contributed by atoms with Gasteiger partial charge in [0.25, 0.3) is 0 Å². The molecule has 0 amide bonds. The van der Waals surface area contributed by atoms with Crippen molar-refractivity contribution in [3.8, 4) is 0 Å². The molecular weight excluding hydrogens is 244 g/mol. The molecule has 1 heteroatoms. The molecule has 1 heterocycles. The summed E-state index contributed by atoms with van der Waals surface area (Å²) >= 11 is 0. The molecule has 2 unspecified atom stereocenters. The van der Waals surface area contributed by atoms with E-state index in [1.54, 1.807) is 0 Å². The number of rotatable bonds is 13. The van der Waals surface area contributed by atoms with Gasteiger partial charge >= 0.3 is 0 Å². The Bertz CT molecular complexity index is 234. The number of hydrogen-bond acceptors (Lipinski definition) is 1. The molecule has 0 saturated carbocycles. The topological polar surface area (TPSA) is 12.5 Å². The van der Waals surface area contributed by atoms with Crippen molar-refractivity contribution in [2.24, 2.45) is 5.41 Å². The van der Waals surface area contributed by atoms with Crippen LogP contribution in [0.2, 0.25) is 0 Å². The van der Waals surface area contributed by atoms with Crippen LogP contribution >= 0.6 is 0 Å². The molecule has 0 aromatic carbocycles. The van der Waals surface area contributed by atoms with Crippen LogP contribution in [0.5, 0.6) is 0 Å². The standard InChI is InChI=1S/C19H38O/c1-5-7-9-10-11-12-13-14-17-18(20-17)16-19(3,4)15-8-6-2/h17-18H,5-16H2,1-4H3. The van der Waals surface area contributed by atoms with Crippen LogP contribution in [0, 0.1) is 5.41 Å². The number of unbranched alkanes of at least 4 members (excludes halogenated alkanes) is 7. The van der Waals surface area contributed by atoms with Crippen molar-refractivity contribution in [1.29, 1.82) is 0 Å². The maximum absolute atomic E-state index is 5.88. The van der Waals surface area contributed by atoms with Gasteiger partial charge in [0, 0.05) is 0 Å². The van der Waals surface area contributed by atoms with Crippen LogP contribution in [0.25, 0.3) is 0 Å². The summed E-state index contributed by atoms with van der Waals surface area (Å²) in [6.45, 7) is 9.39. The second-order valence-electron chi connectivity index (χ2n) is 7.59. The van der Waals surface area contributed by atoms with E-state index in [4.69, 9.17) is 4.74 Å². The van der Waals surface area contributed by atoms with Crippen LogP contribution in [0.1, 0.15) is 105 Å². The molecule has 1 nitrogen and oxygen atoms in total. The van der Waals surface area contributed by atoms with E-state index in [0.717, 1.165) is 0 Å². The van der Waals surface area contributed by atoms with E-state index < -0.39 is 0 Å². The fourth-order valence-corrected chi connectivity index (χ4v) is 3.22. The summed E-state index contributed by atoms with van der Waals surface area (Å²) in [6.07, 6.45) is 17.7. The Kier molecular flexibility index (Phi) is 8.84. The Morgan fingerprint density at radius 2 is 1.35 bits per heavy atom. The Morgan fingerprint density at radius 1 is 0.750 bits per heavy atom. The van der Waals surface area contributed by atoms with Crippen LogP contribution in [0.4, 0.5) is 0 Å². The van der Waals surface area contributed by atoms with Crippen LogP contribution < -0.4 is 0 Å². The molecule has 2 atom stereocenters. The zero-order valence-corrected chi connectivity index (χ0v) is 14.5. The monoisotopic (exact) mass is 282 g/mol. The molecule has 1 fully saturated rings. The highest BCUT2D eigenvalue weighted by Crippen LogP contribution is 2.39. The first kappa shape index (κ1) is 18.0. The van der Waals surface area contributed by atoms with Gasteiger partial charge in [0.05, 0.1) is 12.2 Å². The van der Waals surface area contributed by atoms with Gasteiger partial charge in [-0.15, -0.1) is 0 Å². The highest BCUT2D eigenvalue weighted by molar-refractivity contribution is 4.89. The van der Waals surface area contributed by atoms with Crippen molar-refractivity contribution in [3.63, 3.8) is 0 Å². The lowest BCUT2D eigenvalue weighted by Gasteiger charge is -2.23. The summed E-state index contributed by atoms with van der Waals surface area (Å²) in [6, 6.07) is 0. The minimum absolute atomic E-state index is 0.482. The molecule has 120 valence electrons. The van der Waals surface area contributed by atoms with Gasteiger partial charge < -0.3 is 4.74 Å². The van der Waals surface area contributed by atoms with Crippen molar-refractivity contribution < 1.29 is 4.74 Å². The first-order chi connectivity index (χ1) is 9.59. The Labute approximate surface area is 127 Å². The molecule has 0 aromatic heterocycles. The summed E-state index contributed by atoms with van der Waals surface area (Å²) in [5, 5.41) is 0. The maximum atomic E-state index is 5.88. The van der Waals surface area contributed by atoms with Crippen molar-refractivity contribution >= 4 is 0 Å². The molecule has 1 aliphatic rings. The molecule has 1 aliphatic heterocycles. The predicted octanol–water partition coefficient (Wildman–Crippen LogP) is 6.50. The van der Waals surface area contributed by atoms with E-state index in [1.165, 1.54) is 77.0 Å². The van der Waals surface area contributed by atoms with Gasteiger partial charge in [0.15, 0.2) is 0 Å². The zero-order valence-electron chi connectivity index (χ0n) is 14.5. The zero-order chi connectivity index (χ0) is 14.8. The van der Waals surface area contributed by atoms with Crippen molar-refractivity contribution in [2.45, 2.75) is 117 Å². The van der Waals surface area contributed by atoms with E-state index in [0.29, 0.717) is 17.6 Å². The molecule has 0 bridgehead atoms. The van der Waals surface area contributed by atoms with Crippen LogP contribution in [-0.2, 0) is 4.74 Å². The summed E-state index contributed by atoms with van der Waals surface area (Å²) in [4.78, 5) is 0. The van der Waals surface area contributed by atoms with E-state index >= 15 is 0 Å². The van der Waals surface area contributed by atoms with Crippen molar-refractivity contribution in [1.82, 2.24) is 0 Å². The van der Waals surface area contributed by atoms with Crippen molar-refractivity contribution in [3.05, 3.63) is 0 Å².